The number of nitrogens with one attached hydrogen (secondary N) is 1. The van der Waals surface area contributed by atoms with E-state index in [1.54, 1.807) is 6.07 Å². The summed E-state index contributed by atoms with van der Waals surface area (Å²) in [6, 6.07) is 3.43. The number of rotatable bonds is 3. The second-order valence-corrected chi connectivity index (χ2v) is 6.13. The fraction of sp³-hybridized carbons (Fsp3) is 0.562. The van der Waals surface area contributed by atoms with Gasteiger partial charge in [-0.25, -0.2) is 4.39 Å². The standard InChI is InChI=1S/C16H18F3NO3/c17-11-5-1-4-10-12(6-2-9-23-13(10)11)20-14(21)16(18,19)15(22)7-3-8-15/h1,4-5,12,22H,2-3,6-9H2,(H,20,21). The first-order valence-electron chi connectivity index (χ1n) is 7.67. The molecule has 3 rings (SSSR count). The van der Waals surface area contributed by atoms with Crippen molar-refractivity contribution in [1.29, 1.82) is 0 Å². The number of hydrogen-bond donors (Lipinski definition) is 2. The number of para-hydroxylation sites is 1. The molecule has 0 radical (unpaired) electrons. The topological polar surface area (TPSA) is 58.6 Å². The van der Waals surface area contributed by atoms with Crippen molar-refractivity contribution in [2.75, 3.05) is 6.61 Å². The first-order valence-corrected chi connectivity index (χ1v) is 7.67. The van der Waals surface area contributed by atoms with Crippen LogP contribution in [0.3, 0.4) is 0 Å². The van der Waals surface area contributed by atoms with E-state index < -0.39 is 29.3 Å². The molecule has 2 aliphatic rings. The third kappa shape index (κ3) is 2.67. The van der Waals surface area contributed by atoms with Gasteiger partial charge in [-0.05, 0) is 38.2 Å². The number of amides is 1. The van der Waals surface area contributed by atoms with Gasteiger partial charge in [-0.2, -0.15) is 8.78 Å². The van der Waals surface area contributed by atoms with Crippen LogP contribution >= 0.6 is 0 Å². The first kappa shape index (κ1) is 16.1. The van der Waals surface area contributed by atoms with E-state index in [0.29, 0.717) is 24.8 Å². The number of benzene rings is 1. The van der Waals surface area contributed by atoms with Crippen LogP contribution in [-0.2, 0) is 4.79 Å². The Kier molecular flexibility index (Phi) is 4.00. The van der Waals surface area contributed by atoms with E-state index >= 15 is 0 Å². The third-order valence-corrected chi connectivity index (χ3v) is 4.61. The van der Waals surface area contributed by atoms with Gasteiger partial charge in [-0.15, -0.1) is 0 Å². The number of halogens is 3. The second-order valence-electron chi connectivity index (χ2n) is 6.13. The molecular formula is C16H18F3NO3. The maximum Gasteiger partial charge on any atom is 0.352 e. The highest BCUT2D eigenvalue weighted by atomic mass is 19.3. The lowest BCUT2D eigenvalue weighted by Gasteiger charge is -2.41. The van der Waals surface area contributed by atoms with Gasteiger partial charge in [-0.1, -0.05) is 12.1 Å². The monoisotopic (exact) mass is 329 g/mol. The molecule has 0 bridgehead atoms. The molecule has 0 spiro atoms. The lowest BCUT2D eigenvalue weighted by molar-refractivity contribution is -0.216. The Bertz CT molecular complexity index is 617. The number of ether oxygens (including phenoxy) is 1. The van der Waals surface area contributed by atoms with Gasteiger partial charge in [-0.3, -0.25) is 4.79 Å². The molecule has 1 aliphatic carbocycles. The smallest absolute Gasteiger partial charge is 0.352 e. The fourth-order valence-corrected chi connectivity index (χ4v) is 3.01. The molecule has 1 fully saturated rings. The summed E-state index contributed by atoms with van der Waals surface area (Å²) in [5.74, 6) is -6.00. The van der Waals surface area contributed by atoms with Gasteiger partial charge in [0.25, 0.3) is 5.91 Å². The number of hydrogen-bond acceptors (Lipinski definition) is 3. The van der Waals surface area contributed by atoms with Crippen molar-refractivity contribution in [2.24, 2.45) is 0 Å². The van der Waals surface area contributed by atoms with Gasteiger partial charge < -0.3 is 15.2 Å². The van der Waals surface area contributed by atoms with Crippen molar-refractivity contribution < 1.29 is 27.8 Å². The highest BCUT2D eigenvalue weighted by molar-refractivity contribution is 5.85. The first-order chi connectivity index (χ1) is 10.8. The molecule has 0 aromatic heterocycles. The summed E-state index contributed by atoms with van der Waals surface area (Å²) in [7, 11) is 0. The molecular weight excluding hydrogens is 311 g/mol. The van der Waals surface area contributed by atoms with Crippen molar-refractivity contribution in [3.63, 3.8) is 0 Å². The highest BCUT2D eigenvalue weighted by Gasteiger charge is 2.61. The summed E-state index contributed by atoms with van der Waals surface area (Å²) in [5.41, 5.74) is -1.93. The molecule has 1 aromatic rings. The molecule has 1 saturated carbocycles. The van der Waals surface area contributed by atoms with Crippen LogP contribution in [0.1, 0.15) is 43.7 Å². The molecule has 126 valence electrons. The summed E-state index contributed by atoms with van der Waals surface area (Å²) in [4.78, 5) is 12.0. The SMILES string of the molecule is O=C(NC1CCCOc2c(F)cccc21)C(F)(F)C1(O)CCC1. The number of carbonyl (C=O) groups excluding carboxylic acids is 1. The minimum absolute atomic E-state index is 0.0130. The Morgan fingerprint density at radius 2 is 2.09 bits per heavy atom. The predicted molar refractivity (Wildman–Crippen MR) is 75.8 cm³/mol. The summed E-state index contributed by atoms with van der Waals surface area (Å²) < 4.78 is 47.5. The van der Waals surface area contributed by atoms with Crippen molar-refractivity contribution in [2.45, 2.75) is 49.7 Å². The van der Waals surface area contributed by atoms with Gasteiger partial charge in [0.1, 0.15) is 5.60 Å². The second kappa shape index (κ2) is 5.70. The van der Waals surface area contributed by atoms with E-state index in [1.165, 1.54) is 12.1 Å². The zero-order chi connectivity index (χ0) is 16.7. The minimum Gasteiger partial charge on any atom is -0.490 e. The zero-order valence-corrected chi connectivity index (χ0v) is 12.4. The van der Waals surface area contributed by atoms with Crippen molar-refractivity contribution in [3.8, 4) is 5.75 Å². The third-order valence-electron chi connectivity index (χ3n) is 4.61. The Hall–Kier alpha value is -1.76. The Morgan fingerprint density at radius 3 is 2.74 bits per heavy atom. The number of fused-ring (bicyclic) bond motifs is 1. The van der Waals surface area contributed by atoms with Gasteiger partial charge in [0, 0.05) is 5.56 Å². The molecule has 1 aromatic carbocycles. The lowest BCUT2D eigenvalue weighted by atomic mass is 9.75. The molecule has 4 nitrogen and oxygen atoms in total. The van der Waals surface area contributed by atoms with Gasteiger partial charge in [0.2, 0.25) is 0 Å². The van der Waals surface area contributed by atoms with Crippen LogP contribution < -0.4 is 10.1 Å². The maximum atomic E-state index is 14.2. The van der Waals surface area contributed by atoms with Gasteiger partial charge in [0.15, 0.2) is 11.6 Å². The van der Waals surface area contributed by atoms with Crippen LogP contribution in [0.15, 0.2) is 18.2 Å². The molecule has 1 amide bonds. The summed E-state index contributed by atoms with van der Waals surface area (Å²) in [5, 5.41) is 12.1. The minimum atomic E-state index is -3.87. The molecule has 1 heterocycles. The van der Waals surface area contributed by atoms with E-state index in [9.17, 15) is 23.1 Å². The molecule has 2 N–H and O–H groups in total. The van der Waals surface area contributed by atoms with Gasteiger partial charge in [0.05, 0.1) is 12.6 Å². The van der Waals surface area contributed by atoms with Crippen LogP contribution in [0.2, 0.25) is 0 Å². The van der Waals surface area contributed by atoms with Crippen LogP contribution in [0.5, 0.6) is 5.75 Å². The van der Waals surface area contributed by atoms with Crippen LogP contribution in [-0.4, -0.2) is 29.1 Å². The average Bonchev–Trinajstić information content (AvgIpc) is 2.68. The van der Waals surface area contributed by atoms with Crippen molar-refractivity contribution >= 4 is 5.91 Å². The molecule has 7 heteroatoms. The van der Waals surface area contributed by atoms with Crippen LogP contribution in [0.4, 0.5) is 13.2 Å². The average molecular weight is 329 g/mol. The quantitative estimate of drug-likeness (QED) is 0.896. The summed E-state index contributed by atoms with van der Waals surface area (Å²) >= 11 is 0. The lowest BCUT2D eigenvalue weighted by Crippen LogP contribution is -2.60. The molecule has 1 aliphatic heterocycles. The Morgan fingerprint density at radius 1 is 1.35 bits per heavy atom. The molecule has 1 atom stereocenters. The summed E-state index contributed by atoms with van der Waals surface area (Å²) in [6.07, 6.45) is 1.11. The van der Waals surface area contributed by atoms with E-state index in [0.717, 1.165) is 0 Å². The molecule has 1 unspecified atom stereocenters. The predicted octanol–water partition coefficient (Wildman–Crippen LogP) is 2.71. The van der Waals surface area contributed by atoms with Crippen molar-refractivity contribution in [1.82, 2.24) is 5.32 Å². The van der Waals surface area contributed by atoms with Gasteiger partial charge >= 0.3 is 5.92 Å². The van der Waals surface area contributed by atoms with E-state index in [1.807, 2.05) is 0 Å². The Labute approximate surface area is 131 Å². The number of aliphatic hydroxyl groups is 1. The van der Waals surface area contributed by atoms with E-state index in [4.69, 9.17) is 4.74 Å². The fourth-order valence-electron chi connectivity index (χ4n) is 3.01. The molecule has 23 heavy (non-hydrogen) atoms. The largest absolute Gasteiger partial charge is 0.490 e. The van der Waals surface area contributed by atoms with E-state index in [2.05, 4.69) is 5.32 Å². The zero-order valence-electron chi connectivity index (χ0n) is 12.4. The summed E-state index contributed by atoms with van der Waals surface area (Å²) in [6.45, 7) is 0.251. The molecule has 0 saturated heterocycles. The number of carbonyl (C=O) groups is 1. The normalized spacial score (nSPS) is 23.0. The Balaban J connectivity index is 1.83. The van der Waals surface area contributed by atoms with Crippen molar-refractivity contribution in [3.05, 3.63) is 29.6 Å². The number of alkyl halides is 2. The maximum absolute atomic E-state index is 14.2. The van der Waals surface area contributed by atoms with Crippen LogP contribution in [0.25, 0.3) is 0 Å². The highest BCUT2D eigenvalue weighted by Crippen LogP contribution is 2.45. The van der Waals surface area contributed by atoms with Crippen LogP contribution in [0, 0.1) is 5.82 Å². The van der Waals surface area contributed by atoms with E-state index in [-0.39, 0.29) is 25.2 Å².